The number of anilines is 1. The van der Waals surface area contributed by atoms with Gasteiger partial charge < -0.3 is 14.9 Å². The van der Waals surface area contributed by atoms with Gasteiger partial charge in [-0.2, -0.15) is 0 Å². The lowest BCUT2D eigenvalue weighted by molar-refractivity contribution is -0.384. The number of nitrogens with zero attached hydrogens (tertiary/aromatic N) is 3. The van der Waals surface area contributed by atoms with Crippen molar-refractivity contribution >= 4 is 11.4 Å². The van der Waals surface area contributed by atoms with Crippen LogP contribution < -0.4 is 4.90 Å². The second-order valence-electron chi connectivity index (χ2n) is 5.14. The highest BCUT2D eigenvalue weighted by Gasteiger charge is 2.23. The first-order valence-corrected chi connectivity index (χ1v) is 6.70. The van der Waals surface area contributed by atoms with Crippen molar-refractivity contribution in [3.8, 4) is 0 Å². The van der Waals surface area contributed by atoms with Gasteiger partial charge in [-0.1, -0.05) is 6.07 Å². The summed E-state index contributed by atoms with van der Waals surface area (Å²) in [7, 11) is 3.96. The van der Waals surface area contributed by atoms with Crippen LogP contribution in [-0.4, -0.2) is 48.2 Å². The Bertz CT molecular complexity index is 463. The van der Waals surface area contributed by atoms with Crippen molar-refractivity contribution in [1.82, 2.24) is 4.90 Å². The minimum atomic E-state index is -0.389. The van der Waals surface area contributed by atoms with Crippen LogP contribution >= 0.6 is 0 Å². The van der Waals surface area contributed by atoms with E-state index in [1.54, 1.807) is 12.1 Å². The molecule has 0 saturated carbocycles. The lowest BCUT2D eigenvalue weighted by Crippen LogP contribution is -2.40. The number of likely N-dealkylation sites (N-methyl/N-ethyl adjacent to an activating group) is 2. The van der Waals surface area contributed by atoms with Gasteiger partial charge >= 0.3 is 0 Å². The number of benzene rings is 1. The Morgan fingerprint density at radius 3 is 2.50 bits per heavy atom. The highest BCUT2D eigenvalue weighted by molar-refractivity contribution is 5.64. The molecule has 1 aromatic carbocycles. The van der Waals surface area contributed by atoms with Gasteiger partial charge in [0.2, 0.25) is 0 Å². The molecule has 1 aromatic rings. The van der Waals surface area contributed by atoms with Gasteiger partial charge in [-0.3, -0.25) is 10.1 Å². The molecule has 0 spiro atoms. The Hall–Kier alpha value is -1.66. The molecule has 1 N–H and O–H groups in total. The zero-order valence-corrected chi connectivity index (χ0v) is 12.5. The summed E-state index contributed by atoms with van der Waals surface area (Å²) < 4.78 is 0. The van der Waals surface area contributed by atoms with Gasteiger partial charge in [0.15, 0.2) is 0 Å². The Labute approximate surface area is 119 Å². The van der Waals surface area contributed by atoms with Crippen molar-refractivity contribution in [3.63, 3.8) is 0 Å². The van der Waals surface area contributed by atoms with Gasteiger partial charge in [0, 0.05) is 25.2 Å². The first kappa shape index (κ1) is 16.4. The van der Waals surface area contributed by atoms with E-state index in [1.807, 2.05) is 32.8 Å². The predicted octanol–water partition coefficient (Wildman–Crippen LogP) is 1.86. The average molecular weight is 281 g/mol. The van der Waals surface area contributed by atoms with Gasteiger partial charge in [-0.15, -0.1) is 0 Å². The Balaban J connectivity index is 3.17. The van der Waals surface area contributed by atoms with Crippen LogP contribution in [0.5, 0.6) is 0 Å². The van der Waals surface area contributed by atoms with E-state index in [4.69, 9.17) is 5.11 Å². The number of hydrogen-bond acceptors (Lipinski definition) is 5. The summed E-state index contributed by atoms with van der Waals surface area (Å²) in [5.74, 6) is 0. The molecule has 0 bridgehead atoms. The quantitative estimate of drug-likeness (QED) is 0.610. The Kier molecular flexibility index (Phi) is 5.91. The van der Waals surface area contributed by atoms with Crippen LogP contribution in [0, 0.1) is 10.1 Å². The second kappa shape index (κ2) is 7.21. The molecular formula is C14H23N3O3. The summed E-state index contributed by atoms with van der Waals surface area (Å²) in [6.45, 7) is 5.34. The number of nitro groups is 1. The van der Waals surface area contributed by atoms with E-state index >= 15 is 0 Å². The molecule has 0 radical (unpaired) electrons. The first-order valence-electron chi connectivity index (χ1n) is 6.70. The molecule has 0 aromatic heterocycles. The fourth-order valence-corrected chi connectivity index (χ4v) is 2.40. The van der Waals surface area contributed by atoms with Gasteiger partial charge in [0.25, 0.3) is 5.69 Å². The van der Waals surface area contributed by atoms with E-state index in [0.29, 0.717) is 17.8 Å². The average Bonchev–Trinajstić information content (AvgIpc) is 2.38. The van der Waals surface area contributed by atoms with E-state index in [-0.39, 0.29) is 23.3 Å². The van der Waals surface area contributed by atoms with Crippen LogP contribution in [0.15, 0.2) is 18.2 Å². The first-order chi connectivity index (χ1) is 9.40. The van der Waals surface area contributed by atoms with E-state index in [2.05, 4.69) is 4.90 Å². The molecule has 6 heteroatoms. The molecule has 0 fully saturated rings. The van der Waals surface area contributed by atoms with Crippen molar-refractivity contribution in [2.45, 2.75) is 26.5 Å². The third-order valence-corrected chi connectivity index (χ3v) is 3.23. The van der Waals surface area contributed by atoms with Crippen LogP contribution in [0.3, 0.4) is 0 Å². The van der Waals surface area contributed by atoms with Crippen molar-refractivity contribution in [3.05, 3.63) is 33.9 Å². The third kappa shape index (κ3) is 3.91. The third-order valence-electron chi connectivity index (χ3n) is 3.23. The van der Waals surface area contributed by atoms with Crippen LogP contribution in [0.2, 0.25) is 0 Å². The summed E-state index contributed by atoms with van der Waals surface area (Å²) in [6, 6.07) is 5.06. The standard InChI is InChI=1S/C14H23N3O3/c1-5-16(11(2)9-15(3)4)13-7-6-12(10-18)8-14(13)17(19)20/h6-8,11,18H,5,9-10H2,1-4H3. The van der Waals surface area contributed by atoms with Crippen molar-refractivity contribution < 1.29 is 10.0 Å². The molecule has 0 aliphatic rings. The molecule has 0 amide bonds. The maximum atomic E-state index is 11.2. The molecular weight excluding hydrogens is 258 g/mol. The molecule has 0 saturated heterocycles. The lowest BCUT2D eigenvalue weighted by atomic mass is 10.1. The molecule has 0 aliphatic heterocycles. The maximum Gasteiger partial charge on any atom is 0.292 e. The summed E-state index contributed by atoms with van der Waals surface area (Å²) in [4.78, 5) is 14.9. The topological polar surface area (TPSA) is 69.8 Å². The van der Waals surface area contributed by atoms with Crippen LogP contribution in [0.4, 0.5) is 11.4 Å². The van der Waals surface area contributed by atoms with Crippen LogP contribution in [-0.2, 0) is 6.61 Å². The van der Waals surface area contributed by atoms with E-state index in [0.717, 1.165) is 6.54 Å². The number of aliphatic hydroxyl groups excluding tert-OH is 1. The number of nitro benzene ring substituents is 1. The predicted molar refractivity (Wildman–Crippen MR) is 80.1 cm³/mol. The summed E-state index contributed by atoms with van der Waals surface area (Å²) in [6.07, 6.45) is 0. The van der Waals surface area contributed by atoms with E-state index in [9.17, 15) is 10.1 Å². The van der Waals surface area contributed by atoms with Gasteiger partial charge in [0.1, 0.15) is 5.69 Å². The summed E-state index contributed by atoms with van der Waals surface area (Å²) in [5.41, 5.74) is 1.20. The SMILES string of the molecule is CCN(c1ccc(CO)cc1[N+](=O)[O-])C(C)CN(C)C. The van der Waals surface area contributed by atoms with E-state index in [1.165, 1.54) is 6.07 Å². The largest absolute Gasteiger partial charge is 0.392 e. The lowest BCUT2D eigenvalue weighted by Gasteiger charge is -2.31. The zero-order valence-electron chi connectivity index (χ0n) is 12.5. The summed E-state index contributed by atoms with van der Waals surface area (Å²) >= 11 is 0. The molecule has 112 valence electrons. The van der Waals surface area contributed by atoms with E-state index < -0.39 is 0 Å². The van der Waals surface area contributed by atoms with Gasteiger partial charge in [-0.25, -0.2) is 0 Å². The van der Waals surface area contributed by atoms with Gasteiger partial charge in [0.05, 0.1) is 11.5 Å². The fraction of sp³-hybridized carbons (Fsp3) is 0.571. The number of aliphatic hydroxyl groups is 1. The highest BCUT2D eigenvalue weighted by Crippen LogP contribution is 2.30. The van der Waals surface area contributed by atoms with Gasteiger partial charge in [-0.05, 0) is 39.6 Å². The van der Waals surface area contributed by atoms with Crippen molar-refractivity contribution in [2.24, 2.45) is 0 Å². The van der Waals surface area contributed by atoms with Crippen LogP contribution in [0.1, 0.15) is 19.4 Å². The number of rotatable bonds is 7. The highest BCUT2D eigenvalue weighted by atomic mass is 16.6. The zero-order chi connectivity index (χ0) is 15.3. The molecule has 20 heavy (non-hydrogen) atoms. The molecule has 1 unspecified atom stereocenters. The minimum absolute atomic E-state index is 0.0454. The minimum Gasteiger partial charge on any atom is -0.392 e. The van der Waals surface area contributed by atoms with Crippen molar-refractivity contribution in [1.29, 1.82) is 0 Å². The van der Waals surface area contributed by atoms with Crippen molar-refractivity contribution in [2.75, 3.05) is 32.1 Å². The Morgan fingerprint density at radius 1 is 1.40 bits per heavy atom. The fourth-order valence-electron chi connectivity index (χ4n) is 2.40. The normalized spacial score (nSPS) is 12.5. The van der Waals surface area contributed by atoms with Crippen LogP contribution in [0.25, 0.3) is 0 Å². The summed E-state index contributed by atoms with van der Waals surface area (Å²) in [5, 5.41) is 20.4. The number of hydrogen-bond donors (Lipinski definition) is 1. The Morgan fingerprint density at radius 2 is 2.05 bits per heavy atom. The molecule has 0 heterocycles. The molecule has 1 rings (SSSR count). The maximum absolute atomic E-state index is 11.2. The second-order valence-corrected chi connectivity index (χ2v) is 5.14. The monoisotopic (exact) mass is 281 g/mol. The molecule has 0 aliphatic carbocycles. The smallest absolute Gasteiger partial charge is 0.292 e. The molecule has 6 nitrogen and oxygen atoms in total. The molecule has 1 atom stereocenters.